The fourth-order valence-electron chi connectivity index (χ4n) is 3.50. The summed E-state index contributed by atoms with van der Waals surface area (Å²) in [6, 6.07) is 12.8. The van der Waals surface area contributed by atoms with Crippen molar-refractivity contribution >= 4 is 34.8 Å². The van der Waals surface area contributed by atoms with E-state index in [2.05, 4.69) is 15.5 Å². The molecular weight excluding hydrogens is 338 g/mol. The van der Waals surface area contributed by atoms with Crippen molar-refractivity contribution in [2.24, 2.45) is 0 Å². The van der Waals surface area contributed by atoms with Gasteiger partial charge in [0.05, 0.1) is 11.4 Å². The number of halogens is 1. The van der Waals surface area contributed by atoms with Crippen molar-refractivity contribution in [3.63, 3.8) is 0 Å². The Balaban J connectivity index is 1.51. The number of hydrogen-bond donors (Lipinski definition) is 2. The van der Waals surface area contributed by atoms with Crippen LogP contribution in [0.2, 0.25) is 5.02 Å². The molecule has 1 saturated heterocycles. The molecule has 0 bridgehead atoms. The van der Waals surface area contributed by atoms with Gasteiger partial charge in [0.1, 0.15) is 6.04 Å². The van der Waals surface area contributed by atoms with Gasteiger partial charge in [0.25, 0.3) is 5.91 Å². The second-order valence-electron chi connectivity index (χ2n) is 6.39. The van der Waals surface area contributed by atoms with Gasteiger partial charge in [-0.1, -0.05) is 23.7 Å². The van der Waals surface area contributed by atoms with E-state index in [0.29, 0.717) is 22.8 Å². The van der Waals surface area contributed by atoms with Gasteiger partial charge >= 0.3 is 0 Å². The van der Waals surface area contributed by atoms with Crippen LogP contribution in [0.4, 0.5) is 11.4 Å². The van der Waals surface area contributed by atoms with E-state index in [1.54, 1.807) is 18.2 Å². The lowest BCUT2D eigenvalue weighted by Gasteiger charge is -2.33. The highest BCUT2D eigenvalue weighted by Gasteiger charge is 2.36. The maximum absolute atomic E-state index is 12.4. The Bertz CT molecular complexity index is 852. The molecule has 0 aromatic heterocycles. The first-order chi connectivity index (χ1) is 12.1. The highest BCUT2D eigenvalue weighted by atomic mass is 35.5. The minimum Gasteiger partial charge on any atom is -0.358 e. The maximum atomic E-state index is 12.4. The minimum atomic E-state index is -0.180. The number of fused-ring (bicyclic) bond motifs is 3. The first-order valence-corrected chi connectivity index (χ1v) is 8.74. The van der Waals surface area contributed by atoms with Crippen LogP contribution in [0.1, 0.15) is 28.8 Å². The van der Waals surface area contributed by atoms with Gasteiger partial charge in [-0.25, -0.2) is 0 Å². The fraction of sp³-hybridized carbons (Fsp3) is 0.263. The topological polar surface area (TPSA) is 61.4 Å². The number of benzene rings is 2. The van der Waals surface area contributed by atoms with Crippen molar-refractivity contribution in [1.82, 2.24) is 5.32 Å². The van der Waals surface area contributed by atoms with E-state index < -0.39 is 0 Å². The Labute approximate surface area is 151 Å². The lowest BCUT2D eigenvalue weighted by molar-refractivity contribution is -0.117. The molecule has 0 radical (unpaired) electrons. The Hall–Kier alpha value is -2.53. The number of amides is 2. The number of nitrogens with one attached hydrogen (secondary N) is 2. The summed E-state index contributed by atoms with van der Waals surface area (Å²) in [7, 11) is 0. The Morgan fingerprint density at radius 3 is 3.00 bits per heavy atom. The first-order valence-electron chi connectivity index (χ1n) is 8.36. The largest absolute Gasteiger partial charge is 0.358 e. The van der Waals surface area contributed by atoms with Gasteiger partial charge in [0, 0.05) is 23.7 Å². The van der Waals surface area contributed by atoms with E-state index in [1.807, 2.05) is 24.3 Å². The van der Waals surface area contributed by atoms with Crippen molar-refractivity contribution in [2.75, 3.05) is 16.8 Å². The standard InChI is InChI=1S/C19H18ClN3O2/c20-14-4-1-3-12(9-14)11-21-18(24)13-6-7-16-15(10-13)22-19(25)17-5-2-8-23(16)17/h1,3-4,6-7,9-10,17H,2,5,8,11H2,(H,21,24)(H,22,25). The molecule has 4 rings (SSSR count). The highest BCUT2D eigenvalue weighted by Crippen LogP contribution is 2.37. The number of rotatable bonds is 3. The van der Waals surface area contributed by atoms with Crippen molar-refractivity contribution < 1.29 is 9.59 Å². The van der Waals surface area contributed by atoms with E-state index in [0.717, 1.165) is 30.6 Å². The molecule has 2 aliphatic heterocycles. The fourth-order valence-corrected chi connectivity index (χ4v) is 3.72. The van der Waals surface area contributed by atoms with Gasteiger partial charge in [-0.15, -0.1) is 0 Å². The zero-order valence-electron chi connectivity index (χ0n) is 13.6. The molecule has 0 aliphatic carbocycles. The van der Waals surface area contributed by atoms with Crippen LogP contribution in [-0.4, -0.2) is 24.4 Å². The molecule has 1 fully saturated rings. The summed E-state index contributed by atoms with van der Waals surface area (Å²) >= 11 is 5.96. The van der Waals surface area contributed by atoms with Crippen molar-refractivity contribution in [1.29, 1.82) is 0 Å². The number of anilines is 2. The molecule has 2 aromatic carbocycles. The molecule has 128 valence electrons. The Morgan fingerprint density at radius 2 is 2.16 bits per heavy atom. The average molecular weight is 356 g/mol. The van der Waals surface area contributed by atoms with Gasteiger partial charge in [0.2, 0.25) is 5.91 Å². The van der Waals surface area contributed by atoms with E-state index in [9.17, 15) is 9.59 Å². The predicted octanol–water partition coefficient (Wildman–Crippen LogP) is 3.19. The average Bonchev–Trinajstić information content (AvgIpc) is 3.10. The Kier molecular flexibility index (Phi) is 4.09. The van der Waals surface area contributed by atoms with Gasteiger partial charge in [0.15, 0.2) is 0 Å². The smallest absolute Gasteiger partial charge is 0.251 e. The third-order valence-corrected chi connectivity index (χ3v) is 4.96. The summed E-state index contributed by atoms with van der Waals surface area (Å²) < 4.78 is 0. The zero-order chi connectivity index (χ0) is 17.4. The van der Waals surface area contributed by atoms with Gasteiger partial charge < -0.3 is 15.5 Å². The van der Waals surface area contributed by atoms with Crippen LogP contribution >= 0.6 is 11.6 Å². The van der Waals surface area contributed by atoms with E-state index >= 15 is 0 Å². The van der Waals surface area contributed by atoms with E-state index in [-0.39, 0.29) is 17.9 Å². The van der Waals surface area contributed by atoms with Crippen molar-refractivity contribution in [3.05, 3.63) is 58.6 Å². The molecule has 2 aromatic rings. The molecule has 2 N–H and O–H groups in total. The normalized spacial score (nSPS) is 18.4. The molecule has 25 heavy (non-hydrogen) atoms. The quantitative estimate of drug-likeness (QED) is 0.888. The number of hydrogen-bond acceptors (Lipinski definition) is 3. The van der Waals surface area contributed by atoms with Gasteiger partial charge in [-0.2, -0.15) is 0 Å². The molecule has 2 amide bonds. The number of carbonyl (C=O) groups is 2. The predicted molar refractivity (Wildman–Crippen MR) is 98.1 cm³/mol. The summed E-state index contributed by atoms with van der Waals surface area (Å²) in [5.41, 5.74) is 3.16. The van der Waals surface area contributed by atoms with E-state index in [1.165, 1.54) is 0 Å². The van der Waals surface area contributed by atoms with Crippen LogP contribution in [0.25, 0.3) is 0 Å². The van der Waals surface area contributed by atoms with Gasteiger partial charge in [-0.05, 0) is 48.7 Å². The second kappa shape index (κ2) is 6.41. The molecule has 0 spiro atoms. The molecule has 1 unspecified atom stereocenters. The van der Waals surface area contributed by atoms with Crippen LogP contribution in [0.3, 0.4) is 0 Å². The van der Waals surface area contributed by atoms with Crippen LogP contribution < -0.4 is 15.5 Å². The molecule has 6 heteroatoms. The van der Waals surface area contributed by atoms with Crippen molar-refractivity contribution in [2.45, 2.75) is 25.4 Å². The van der Waals surface area contributed by atoms with Crippen LogP contribution in [-0.2, 0) is 11.3 Å². The SMILES string of the molecule is O=C(NCc1cccc(Cl)c1)c1ccc2c(c1)NC(=O)C1CCCN21. The summed E-state index contributed by atoms with van der Waals surface area (Å²) in [5.74, 6) is -0.165. The first kappa shape index (κ1) is 16.0. The molecule has 1 atom stereocenters. The molecule has 2 heterocycles. The summed E-state index contributed by atoms with van der Waals surface area (Å²) in [6.07, 6.45) is 1.90. The highest BCUT2D eigenvalue weighted by molar-refractivity contribution is 6.30. The minimum absolute atomic E-state index is 0.0153. The molecule has 0 saturated carbocycles. The third-order valence-electron chi connectivity index (χ3n) is 4.72. The summed E-state index contributed by atoms with van der Waals surface area (Å²) in [6.45, 7) is 1.28. The number of nitrogens with zero attached hydrogens (tertiary/aromatic N) is 1. The summed E-state index contributed by atoms with van der Waals surface area (Å²) in [4.78, 5) is 26.8. The van der Waals surface area contributed by atoms with Crippen LogP contribution in [0.15, 0.2) is 42.5 Å². The molecule has 5 nitrogen and oxygen atoms in total. The monoisotopic (exact) mass is 355 g/mol. The number of carbonyl (C=O) groups excluding carboxylic acids is 2. The lowest BCUT2D eigenvalue weighted by atomic mass is 10.1. The third kappa shape index (κ3) is 3.07. The molecule has 2 aliphatic rings. The maximum Gasteiger partial charge on any atom is 0.251 e. The lowest BCUT2D eigenvalue weighted by Crippen LogP contribution is -2.44. The van der Waals surface area contributed by atoms with E-state index in [4.69, 9.17) is 11.6 Å². The van der Waals surface area contributed by atoms with Crippen LogP contribution in [0.5, 0.6) is 0 Å². The second-order valence-corrected chi connectivity index (χ2v) is 6.82. The Morgan fingerprint density at radius 1 is 1.28 bits per heavy atom. The molecular formula is C19H18ClN3O2. The zero-order valence-corrected chi connectivity index (χ0v) is 14.3. The summed E-state index contributed by atoms with van der Waals surface area (Å²) in [5, 5.41) is 6.45. The van der Waals surface area contributed by atoms with Gasteiger partial charge in [-0.3, -0.25) is 9.59 Å². The van der Waals surface area contributed by atoms with Crippen molar-refractivity contribution in [3.8, 4) is 0 Å². The van der Waals surface area contributed by atoms with Crippen LogP contribution in [0, 0.1) is 0 Å².